The number of nitrogens with zero attached hydrogens (tertiary/aromatic N) is 3. The molecular weight excluding hydrogens is 326 g/mol. The smallest absolute Gasteiger partial charge is 0.0690 e. The van der Waals surface area contributed by atoms with Crippen molar-refractivity contribution in [3.05, 3.63) is 22.4 Å². The standard InChI is InChI=1S/C21H31N3S/c1-23(2)21(18-4-3-15-25-18)9-7-20(8-10-21)12-14-24(17-20)13-11-19(16-22)5-6-19/h3-4,15H,5-14,17H2,1-2H3. The Labute approximate surface area is 156 Å². The molecule has 1 spiro atoms. The molecule has 2 saturated carbocycles. The highest BCUT2D eigenvalue weighted by atomic mass is 32.1. The minimum Gasteiger partial charge on any atom is -0.303 e. The molecule has 0 aromatic carbocycles. The topological polar surface area (TPSA) is 30.3 Å². The van der Waals surface area contributed by atoms with Gasteiger partial charge >= 0.3 is 0 Å². The molecule has 0 atom stereocenters. The summed E-state index contributed by atoms with van der Waals surface area (Å²) in [5, 5.41) is 11.5. The first-order chi connectivity index (χ1) is 12.0. The number of nitriles is 1. The number of hydrogen-bond donors (Lipinski definition) is 0. The predicted octanol–water partition coefficient (Wildman–Crippen LogP) is 4.46. The van der Waals surface area contributed by atoms with E-state index in [4.69, 9.17) is 0 Å². The van der Waals surface area contributed by atoms with Gasteiger partial charge in [-0.2, -0.15) is 5.26 Å². The van der Waals surface area contributed by atoms with E-state index in [1.807, 2.05) is 11.3 Å². The Hall–Kier alpha value is -0.890. The second-order valence-electron chi connectivity index (χ2n) is 9.07. The molecule has 136 valence electrons. The third kappa shape index (κ3) is 3.16. The third-order valence-corrected chi connectivity index (χ3v) is 8.55. The van der Waals surface area contributed by atoms with Crippen LogP contribution in [0.4, 0.5) is 0 Å². The van der Waals surface area contributed by atoms with Gasteiger partial charge in [-0.05, 0) is 95.4 Å². The van der Waals surface area contributed by atoms with E-state index in [0.29, 0.717) is 5.41 Å². The van der Waals surface area contributed by atoms with Gasteiger partial charge in [0.2, 0.25) is 0 Å². The lowest BCUT2D eigenvalue weighted by atomic mass is 9.66. The Morgan fingerprint density at radius 2 is 1.92 bits per heavy atom. The fourth-order valence-corrected chi connectivity index (χ4v) is 6.29. The Bertz CT molecular complexity index is 631. The first-order valence-electron chi connectivity index (χ1n) is 9.87. The van der Waals surface area contributed by atoms with E-state index in [0.717, 1.165) is 25.8 Å². The van der Waals surface area contributed by atoms with Gasteiger partial charge in [-0.25, -0.2) is 0 Å². The molecule has 0 N–H and O–H groups in total. The average Bonchev–Trinajstić information content (AvgIpc) is 3.02. The highest BCUT2D eigenvalue weighted by molar-refractivity contribution is 7.10. The van der Waals surface area contributed by atoms with Gasteiger partial charge in [0, 0.05) is 11.4 Å². The van der Waals surface area contributed by atoms with Crippen LogP contribution in [0.25, 0.3) is 0 Å². The van der Waals surface area contributed by atoms with Crippen molar-refractivity contribution in [3.63, 3.8) is 0 Å². The molecular formula is C21H31N3S. The summed E-state index contributed by atoms with van der Waals surface area (Å²) >= 11 is 1.93. The van der Waals surface area contributed by atoms with Gasteiger partial charge in [0.05, 0.1) is 17.0 Å². The number of rotatable bonds is 5. The number of hydrogen-bond acceptors (Lipinski definition) is 4. The monoisotopic (exact) mass is 357 g/mol. The first kappa shape index (κ1) is 17.5. The molecule has 1 saturated heterocycles. The maximum Gasteiger partial charge on any atom is 0.0690 e. The third-order valence-electron chi connectivity index (χ3n) is 7.49. The summed E-state index contributed by atoms with van der Waals surface area (Å²) in [5.74, 6) is 0. The molecule has 1 aliphatic heterocycles. The summed E-state index contributed by atoms with van der Waals surface area (Å²) in [4.78, 5) is 6.68. The molecule has 2 aliphatic carbocycles. The van der Waals surface area contributed by atoms with Crippen molar-refractivity contribution in [2.24, 2.45) is 10.8 Å². The number of thiophene rings is 1. The van der Waals surface area contributed by atoms with Crippen molar-refractivity contribution in [1.82, 2.24) is 9.80 Å². The van der Waals surface area contributed by atoms with Crippen LogP contribution < -0.4 is 0 Å². The Morgan fingerprint density at radius 1 is 1.16 bits per heavy atom. The molecule has 3 aliphatic rings. The van der Waals surface area contributed by atoms with Gasteiger partial charge in [0.1, 0.15) is 0 Å². The second-order valence-corrected chi connectivity index (χ2v) is 10.0. The van der Waals surface area contributed by atoms with Gasteiger partial charge in [-0.15, -0.1) is 11.3 Å². The minimum atomic E-state index is 0.0571. The molecule has 3 fully saturated rings. The molecule has 3 nitrogen and oxygen atoms in total. The van der Waals surface area contributed by atoms with Gasteiger partial charge in [-0.3, -0.25) is 4.90 Å². The summed E-state index contributed by atoms with van der Waals surface area (Å²) in [6.45, 7) is 3.65. The molecule has 25 heavy (non-hydrogen) atoms. The van der Waals surface area contributed by atoms with Crippen LogP contribution in [-0.4, -0.2) is 43.5 Å². The van der Waals surface area contributed by atoms with Crippen molar-refractivity contribution in [2.45, 2.75) is 56.9 Å². The SMILES string of the molecule is CN(C)C1(c2cccs2)CCC2(CCN(CCC3(C#N)CC3)C2)CC1. The van der Waals surface area contributed by atoms with Crippen LogP contribution in [0.15, 0.2) is 17.5 Å². The molecule has 1 aromatic heterocycles. The molecule has 4 heteroatoms. The number of likely N-dealkylation sites (tertiary alicyclic amines) is 1. The summed E-state index contributed by atoms with van der Waals surface area (Å²) in [6, 6.07) is 7.09. The van der Waals surface area contributed by atoms with Gasteiger partial charge < -0.3 is 4.90 Å². The first-order valence-corrected chi connectivity index (χ1v) is 10.7. The molecule has 0 radical (unpaired) electrons. The molecule has 0 bridgehead atoms. The lowest BCUT2D eigenvalue weighted by Crippen LogP contribution is -2.47. The van der Waals surface area contributed by atoms with Crippen LogP contribution in [0.2, 0.25) is 0 Å². The lowest BCUT2D eigenvalue weighted by molar-refractivity contribution is 0.0406. The van der Waals surface area contributed by atoms with E-state index in [9.17, 15) is 5.26 Å². The van der Waals surface area contributed by atoms with E-state index in [-0.39, 0.29) is 11.0 Å². The van der Waals surface area contributed by atoms with Gasteiger partial charge in [-0.1, -0.05) is 6.07 Å². The maximum absolute atomic E-state index is 9.30. The average molecular weight is 358 g/mol. The highest BCUT2D eigenvalue weighted by Gasteiger charge is 2.49. The van der Waals surface area contributed by atoms with Crippen LogP contribution in [0, 0.1) is 22.2 Å². The molecule has 4 rings (SSSR count). The zero-order valence-corrected chi connectivity index (χ0v) is 16.6. The van der Waals surface area contributed by atoms with Crippen LogP contribution in [0.5, 0.6) is 0 Å². The lowest BCUT2D eigenvalue weighted by Gasteiger charge is -2.48. The van der Waals surface area contributed by atoms with Crippen LogP contribution in [0.3, 0.4) is 0 Å². The van der Waals surface area contributed by atoms with E-state index >= 15 is 0 Å². The Morgan fingerprint density at radius 3 is 2.48 bits per heavy atom. The summed E-state index contributed by atoms with van der Waals surface area (Å²) < 4.78 is 0. The maximum atomic E-state index is 9.30. The fraction of sp³-hybridized carbons (Fsp3) is 0.762. The van der Waals surface area contributed by atoms with E-state index < -0.39 is 0 Å². The minimum absolute atomic E-state index is 0.0571. The van der Waals surface area contributed by atoms with Crippen LogP contribution >= 0.6 is 11.3 Å². The van der Waals surface area contributed by atoms with Crippen molar-refractivity contribution in [3.8, 4) is 6.07 Å². The zero-order chi connectivity index (χ0) is 17.5. The van der Waals surface area contributed by atoms with Crippen LogP contribution in [-0.2, 0) is 5.54 Å². The molecule has 0 unspecified atom stereocenters. The quantitative estimate of drug-likeness (QED) is 0.779. The normalized spacial score (nSPS) is 34.5. The predicted molar refractivity (Wildman–Crippen MR) is 104 cm³/mol. The largest absolute Gasteiger partial charge is 0.303 e. The van der Waals surface area contributed by atoms with Crippen molar-refractivity contribution < 1.29 is 0 Å². The van der Waals surface area contributed by atoms with E-state index in [2.05, 4.69) is 47.5 Å². The molecule has 2 heterocycles. The van der Waals surface area contributed by atoms with Crippen molar-refractivity contribution in [2.75, 3.05) is 33.7 Å². The van der Waals surface area contributed by atoms with Crippen molar-refractivity contribution >= 4 is 11.3 Å². The van der Waals surface area contributed by atoms with Gasteiger partial charge in [0.25, 0.3) is 0 Å². The summed E-state index contributed by atoms with van der Waals surface area (Å²) in [6.07, 6.45) is 10.00. The highest BCUT2D eigenvalue weighted by Crippen LogP contribution is 2.53. The van der Waals surface area contributed by atoms with E-state index in [1.54, 1.807) is 4.88 Å². The second kappa shape index (κ2) is 6.37. The zero-order valence-electron chi connectivity index (χ0n) is 15.8. The van der Waals surface area contributed by atoms with Gasteiger partial charge in [0.15, 0.2) is 0 Å². The van der Waals surface area contributed by atoms with E-state index in [1.165, 1.54) is 45.2 Å². The fourth-order valence-electron chi connectivity index (χ4n) is 5.22. The van der Waals surface area contributed by atoms with Crippen LogP contribution in [0.1, 0.15) is 56.2 Å². The molecule has 1 aromatic rings. The Kier molecular flexibility index (Phi) is 4.46. The summed E-state index contributed by atoms with van der Waals surface area (Å²) in [5.41, 5.74) is 0.855. The van der Waals surface area contributed by atoms with Crippen molar-refractivity contribution in [1.29, 1.82) is 5.26 Å². The Balaban J connectivity index is 1.37. The summed E-state index contributed by atoms with van der Waals surface area (Å²) in [7, 11) is 4.52. The molecule has 0 amide bonds.